The number of ether oxygens (including phenoxy) is 2. The highest BCUT2D eigenvalue weighted by atomic mass is 16.5. The second kappa shape index (κ2) is 6.71. The van der Waals surface area contributed by atoms with Gasteiger partial charge in [-0.2, -0.15) is 0 Å². The lowest BCUT2D eigenvalue weighted by atomic mass is 10.2. The van der Waals surface area contributed by atoms with Crippen molar-refractivity contribution >= 4 is 0 Å². The van der Waals surface area contributed by atoms with Crippen LogP contribution in [0.4, 0.5) is 0 Å². The molecular weight excluding hydrogens is 200 g/mol. The van der Waals surface area contributed by atoms with E-state index < -0.39 is 0 Å². The summed E-state index contributed by atoms with van der Waals surface area (Å²) in [6.07, 6.45) is 0. The summed E-state index contributed by atoms with van der Waals surface area (Å²) >= 11 is 0. The van der Waals surface area contributed by atoms with E-state index in [0.717, 1.165) is 16.9 Å². The van der Waals surface area contributed by atoms with E-state index in [1.807, 2.05) is 31.2 Å². The van der Waals surface area contributed by atoms with Gasteiger partial charge in [-0.15, -0.1) is 0 Å². The fraction of sp³-hybridized carbons (Fsp3) is 0.286. The fourth-order valence-electron chi connectivity index (χ4n) is 1.09. The normalized spacial score (nSPS) is 9.12. The highest BCUT2D eigenvalue weighted by molar-refractivity contribution is 5.38. The minimum absolute atomic E-state index is 0.429. The third-order valence-electron chi connectivity index (χ3n) is 1.85. The van der Waals surface area contributed by atoms with Gasteiger partial charge in [0.2, 0.25) is 0 Å². The number of benzene rings is 1. The smallest absolute Gasteiger partial charge is 0.118 e. The third-order valence-corrected chi connectivity index (χ3v) is 1.85. The molecule has 1 aromatic rings. The van der Waals surface area contributed by atoms with E-state index in [-0.39, 0.29) is 0 Å². The molecule has 0 saturated heterocycles. The molecule has 84 valence electrons. The van der Waals surface area contributed by atoms with Gasteiger partial charge in [-0.1, -0.05) is 24.0 Å². The monoisotopic (exact) mass is 216 g/mol. The first-order chi connectivity index (χ1) is 7.72. The molecule has 0 atom stereocenters. The molecule has 0 fully saturated rings. The van der Waals surface area contributed by atoms with Gasteiger partial charge in [0.15, 0.2) is 0 Å². The van der Waals surface area contributed by atoms with E-state index in [1.165, 1.54) is 0 Å². The van der Waals surface area contributed by atoms with E-state index in [2.05, 4.69) is 18.4 Å². The van der Waals surface area contributed by atoms with E-state index in [1.54, 1.807) is 7.11 Å². The number of hydrogen-bond donors (Lipinski definition) is 0. The molecule has 1 rings (SSSR count). The lowest BCUT2D eigenvalue weighted by molar-refractivity contribution is 0.192. The molecule has 0 aromatic heterocycles. The molecular formula is C14H16O2. The maximum atomic E-state index is 5.26. The molecule has 1 aromatic carbocycles. The molecule has 0 aliphatic rings. The summed E-state index contributed by atoms with van der Waals surface area (Å²) < 4.78 is 10.3. The Balaban J connectivity index is 2.41. The molecule has 2 heteroatoms. The molecule has 0 aliphatic carbocycles. The third kappa shape index (κ3) is 4.68. The Bertz CT molecular complexity index is 393. The summed E-state index contributed by atoms with van der Waals surface area (Å²) in [6, 6.07) is 7.62. The average Bonchev–Trinajstić information content (AvgIpc) is 2.29. The van der Waals surface area contributed by atoms with Gasteiger partial charge in [-0.05, 0) is 31.2 Å². The number of methoxy groups -OCH3 is 1. The van der Waals surface area contributed by atoms with E-state index >= 15 is 0 Å². The summed E-state index contributed by atoms with van der Waals surface area (Å²) in [4.78, 5) is 0. The summed E-state index contributed by atoms with van der Waals surface area (Å²) in [5.74, 6) is 6.79. The Morgan fingerprint density at radius 1 is 1.31 bits per heavy atom. The van der Waals surface area contributed by atoms with Gasteiger partial charge in [0.1, 0.15) is 12.4 Å². The molecule has 2 nitrogen and oxygen atoms in total. The summed E-state index contributed by atoms with van der Waals surface area (Å²) in [5.41, 5.74) is 1.96. The van der Waals surface area contributed by atoms with Crippen LogP contribution in [0.25, 0.3) is 0 Å². The first-order valence-electron chi connectivity index (χ1n) is 5.07. The highest BCUT2D eigenvalue weighted by Gasteiger charge is 1.89. The van der Waals surface area contributed by atoms with Crippen molar-refractivity contribution in [2.45, 2.75) is 6.92 Å². The van der Waals surface area contributed by atoms with E-state index in [4.69, 9.17) is 9.47 Å². The van der Waals surface area contributed by atoms with Gasteiger partial charge in [0.25, 0.3) is 0 Å². The van der Waals surface area contributed by atoms with Crippen molar-refractivity contribution in [1.29, 1.82) is 0 Å². The molecule has 0 aliphatic heterocycles. The predicted octanol–water partition coefficient (Wildman–Crippen LogP) is 2.64. The lowest BCUT2D eigenvalue weighted by Crippen LogP contribution is -1.94. The van der Waals surface area contributed by atoms with Crippen LogP contribution in [0.1, 0.15) is 12.5 Å². The zero-order valence-electron chi connectivity index (χ0n) is 9.75. The molecule has 0 amide bonds. The van der Waals surface area contributed by atoms with Crippen LogP contribution in [-0.4, -0.2) is 20.3 Å². The van der Waals surface area contributed by atoms with Gasteiger partial charge in [-0.25, -0.2) is 0 Å². The standard InChI is InChI=1S/C14H16O2/c1-12(2)11-16-10-4-5-13-6-8-14(15-3)9-7-13/h6-9H,1,10-11H2,2-3H3. The SMILES string of the molecule is C=C(C)COCC#Cc1ccc(OC)cc1. The van der Waals surface area contributed by atoms with Crippen LogP contribution < -0.4 is 4.74 Å². The summed E-state index contributed by atoms with van der Waals surface area (Å²) in [5, 5.41) is 0. The lowest BCUT2D eigenvalue weighted by Gasteiger charge is -1.98. The Hall–Kier alpha value is -1.72. The van der Waals surface area contributed by atoms with Crippen molar-refractivity contribution in [2.75, 3.05) is 20.3 Å². The Kier molecular flexibility index (Phi) is 5.18. The molecule has 0 saturated carbocycles. The van der Waals surface area contributed by atoms with Crippen molar-refractivity contribution in [3.8, 4) is 17.6 Å². The van der Waals surface area contributed by atoms with Crippen LogP contribution >= 0.6 is 0 Å². The van der Waals surface area contributed by atoms with Gasteiger partial charge in [0, 0.05) is 5.56 Å². The molecule has 16 heavy (non-hydrogen) atoms. The molecule has 0 heterocycles. The quantitative estimate of drug-likeness (QED) is 0.437. The van der Waals surface area contributed by atoms with Crippen LogP contribution in [0.3, 0.4) is 0 Å². The minimum Gasteiger partial charge on any atom is -0.497 e. The van der Waals surface area contributed by atoms with Crippen LogP contribution in [0.2, 0.25) is 0 Å². The second-order valence-electron chi connectivity index (χ2n) is 3.48. The zero-order valence-corrected chi connectivity index (χ0v) is 9.75. The fourth-order valence-corrected chi connectivity index (χ4v) is 1.09. The van der Waals surface area contributed by atoms with Crippen molar-refractivity contribution in [2.24, 2.45) is 0 Å². The van der Waals surface area contributed by atoms with E-state index in [0.29, 0.717) is 13.2 Å². The first kappa shape index (κ1) is 12.4. The predicted molar refractivity (Wildman–Crippen MR) is 65.5 cm³/mol. The van der Waals surface area contributed by atoms with Crippen LogP contribution in [0, 0.1) is 11.8 Å². The minimum atomic E-state index is 0.429. The average molecular weight is 216 g/mol. The van der Waals surface area contributed by atoms with Gasteiger partial charge in [0.05, 0.1) is 13.7 Å². The Morgan fingerprint density at radius 2 is 2.00 bits per heavy atom. The van der Waals surface area contributed by atoms with Crippen LogP contribution in [0.5, 0.6) is 5.75 Å². The van der Waals surface area contributed by atoms with Crippen molar-refractivity contribution in [3.63, 3.8) is 0 Å². The Morgan fingerprint density at radius 3 is 2.56 bits per heavy atom. The van der Waals surface area contributed by atoms with Crippen molar-refractivity contribution in [3.05, 3.63) is 42.0 Å². The van der Waals surface area contributed by atoms with Crippen LogP contribution in [0.15, 0.2) is 36.4 Å². The highest BCUT2D eigenvalue weighted by Crippen LogP contribution is 2.09. The molecule has 0 spiro atoms. The topological polar surface area (TPSA) is 18.5 Å². The van der Waals surface area contributed by atoms with E-state index in [9.17, 15) is 0 Å². The Labute approximate surface area is 96.9 Å². The van der Waals surface area contributed by atoms with Gasteiger partial charge < -0.3 is 9.47 Å². The van der Waals surface area contributed by atoms with Crippen LogP contribution in [-0.2, 0) is 4.74 Å². The zero-order chi connectivity index (χ0) is 11.8. The van der Waals surface area contributed by atoms with Crippen molar-refractivity contribution < 1.29 is 9.47 Å². The summed E-state index contributed by atoms with van der Waals surface area (Å²) in [6.45, 7) is 6.67. The maximum Gasteiger partial charge on any atom is 0.118 e. The maximum absolute atomic E-state index is 5.26. The number of hydrogen-bond acceptors (Lipinski definition) is 2. The second-order valence-corrected chi connectivity index (χ2v) is 3.48. The molecule has 0 bridgehead atoms. The molecule has 0 N–H and O–H groups in total. The summed E-state index contributed by atoms with van der Waals surface area (Å²) in [7, 11) is 1.64. The largest absolute Gasteiger partial charge is 0.497 e. The van der Waals surface area contributed by atoms with Gasteiger partial charge >= 0.3 is 0 Å². The number of rotatable bonds is 4. The first-order valence-corrected chi connectivity index (χ1v) is 5.07. The van der Waals surface area contributed by atoms with Crippen molar-refractivity contribution in [1.82, 2.24) is 0 Å². The molecule has 0 radical (unpaired) electrons. The van der Waals surface area contributed by atoms with Gasteiger partial charge in [-0.3, -0.25) is 0 Å². The molecule has 0 unspecified atom stereocenters.